The minimum Gasteiger partial charge on any atom is -0.378 e. The van der Waals surface area contributed by atoms with Crippen LogP contribution in [0.25, 0.3) is 0 Å². The monoisotopic (exact) mass is 475 g/mol. The molecule has 182 valence electrons. The Labute approximate surface area is 197 Å². The number of anilines is 2. The van der Waals surface area contributed by atoms with Gasteiger partial charge in [-0.1, -0.05) is 13.8 Å². The number of hydrogen-bond acceptors (Lipinski definition) is 5. The average Bonchev–Trinajstić information content (AvgIpc) is 2.79. The highest BCUT2D eigenvalue weighted by molar-refractivity contribution is 7.89. The molecule has 0 unspecified atom stereocenters. The van der Waals surface area contributed by atoms with Crippen LogP contribution in [0.15, 0.2) is 23.1 Å². The Kier molecular flexibility index (Phi) is 6.20. The van der Waals surface area contributed by atoms with E-state index in [2.05, 4.69) is 10.2 Å². The van der Waals surface area contributed by atoms with Crippen molar-refractivity contribution in [1.29, 1.82) is 0 Å². The summed E-state index contributed by atoms with van der Waals surface area (Å²) in [6.07, 6.45) is 6.79. The van der Waals surface area contributed by atoms with Crippen LogP contribution in [0.3, 0.4) is 0 Å². The maximum Gasteiger partial charge on any atom is 0.243 e. The van der Waals surface area contributed by atoms with Crippen molar-refractivity contribution in [1.82, 2.24) is 4.31 Å². The Morgan fingerprint density at radius 3 is 2.18 bits per heavy atom. The van der Waals surface area contributed by atoms with Crippen molar-refractivity contribution >= 4 is 27.3 Å². The van der Waals surface area contributed by atoms with Gasteiger partial charge in [0.05, 0.1) is 34.9 Å². The third-order valence-corrected chi connectivity index (χ3v) is 10.5. The van der Waals surface area contributed by atoms with Crippen molar-refractivity contribution in [2.45, 2.75) is 57.3 Å². The number of nitrogens with one attached hydrogen (secondary N) is 1. The summed E-state index contributed by atoms with van der Waals surface area (Å²) in [5, 5.41) is 3.25. The summed E-state index contributed by atoms with van der Waals surface area (Å²) in [4.78, 5) is 16.2. The van der Waals surface area contributed by atoms with Gasteiger partial charge in [-0.15, -0.1) is 0 Å². The maximum absolute atomic E-state index is 13.8. The van der Waals surface area contributed by atoms with Gasteiger partial charge in [0, 0.05) is 26.2 Å². The second-order valence-corrected chi connectivity index (χ2v) is 12.5. The molecule has 1 N–H and O–H groups in total. The minimum atomic E-state index is -3.61. The van der Waals surface area contributed by atoms with Crippen LogP contribution in [0.4, 0.5) is 11.4 Å². The first-order chi connectivity index (χ1) is 15.8. The molecular weight excluding hydrogens is 438 g/mol. The topological polar surface area (TPSA) is 79.0 Å². The SMILES string of the molecule is CCN(CC)S(=O)(=O)c1ccc(N2CCOCC2)c(NC(=O)C23CC4CC(CC(C4)C2)C3)c1. The first kappa shape index (κ1) is 23.1. The van der Waals surface area contributed by atoms with Crippen molar-refractivity contribution in [3.8, 4) is 0 Å². The molecule has 5 aliphatic rings. The number of carbonyl (C=O) groups excluding carboxylic acids is 1. The minimum absolute atomic E-state index is 0.0912. The zero-order valence-corrected chi connectivity index (χ0v) is 20.7. The van der Waals surface area contributed by atoms with E-state index in [0.29, 0.717) is 49.7 Å². The zero-order chi connectivity index (χ0) is 23.2. The van der Waals surface area contributed by atoms with Crippen LogP contribution in [0.1, 0.15) is 52.4 Å². The molecule has 1 saturated heterocycles. The highest BCUT2D eigenvalue weighted by Crippen LogP contribution is 2.60. The molecule has 1 aromatic carbocycles. The molecule has 4 bridgehead atoms. The van der Waals surface area contributed by atoms with Gasteiger partial charge in [0.25, 0.3) is 0 Å². The van der Waals surface area contributed by atoms with Gasteiger partial charge in [-0.2, -0.15) is 4.31 Å². The molecule has 0 spiro atoms. The first-order valence-electron chi connectivity index (χ1n) is 12.6. The van der Waals surface area contributed by atoms with Crippen LogP contribution in [0.5, 0.6) is 0 Å². The molecule has 4 aliphatic carbocycles. The van der Waals surface area contributed by atoms with Gasteiger partial charge in [0.2, 0.25) is 15.9 Å². The van der Waals surface area contributed by atoms with E-state index in [9.17, 15) is 13.2 Å². The predicted octanol–water partition coefficient (Wildman–Crippen LogP) is 3.71. The van der Waals surface area contributed by atoms with Gasteiger partial charge in [-0.3, -0.25) is 4.79 Å². The zero-order valence-electron chi connectivity index (χ0n) is 19.9. The molecule has 0 radical (unpaired) electrons. The Hall–Kier alpha value is -1.64. The second-order valence-electron chi connectivity index (χ2n) is 10.5. The van der Waals surface area contributed by atoms with Crippen LogP contribution in [0, 0.1) is 23.2 Å². The number of benzene rings is 1. The largest absolute Gasteiger partial charge is 0.378 e. The van der Waals surface area contributed by atoms with Gasteiger partial charge in [-0.25, -0.2) is 8.42 Å². The smallest absolute Gasteiger partial charge is 0.243 e. The summed E-state index contributed by atoms with van der Waals surface area (Å²) < 4.78 is 33.4. The quantitative estimate of drug-likeness (QED) is 0.650. The normalized spacial score (nSPS) is 31.2. The van der Waals surface area contributed by atoms with Gasteiger partial charge >= 0.3 is 0 Å². The van der Waals surface area contributed by atoms with Crippen molar-refractivity contribution in [3.05, 3.63) is 18.2 Å². The second kappa shape index (κ2) is 8.86. The Morgan fingerprint density at radius 2 is 1.64 bits per heavy atom. The lowest BCUT2D eigenvalue weighted by Crippen LogP contribution is -2.51. The molecule has 6 rings (SSSR count). The van der Waals surface area contributed by atoms with Crippen molar-refractivity contribution in [2.75, 3.05) is 49.6 Å². The van der Waals surface area contributed by atoms with Crippen LogP contribution in [-0.2, 0) is 19.6 Å². The standard InChI is InChI=1S/C25H37N3O4S/c1-3-28(4-2)33(30,31)21-5-6-23(27-7-9-32-10-8-27)22(14-21)26-24(29)25-15-18-11-19(16-25)13-20(12-18)17-25/h5-6,14,18-20H,3-4,7-13,15-17H2,1-2H3,(H,26,29). The van der Waals surface area contributed by atoms with Crippen LogP contribution in [0.2, 0.25) is 0 Å². The maximum atomic E-state index is 13.8. The summed E-state index contributed by atoms with van der Waals surface area (Å²) >= 11 is 0. The molecule has 8 heteroatoms. The first-order valence-corrected chi connectivity index (χ1v) is 14.1. The molecular formula is C25H37N3O4S. The van der Waals surface area contributed by atoms with Crippen LogP contribution in [-0.4, -0.2) is 58.0 Å². The molecule has 0 aromatic heterocycles. The molecule has 1 aromatic rings. The summed E-state index contributed by atoms with van der Waals surface area (Å²) in [6.45, 7) is 7.23. The number of hydrogen-bond donors (Lipinski definition) is 1. The molecule has 1 amide bonds. The molecule has 5 fully saturated rings. The van der Waals surface area contributed by atoms with E-state index in [1.165, 1.54) is 23.6 Å². The van der Waals surface area contributed by atoms with Gasteiger partial charge in [0.15, 0.2) is 0 Å². The Balaban J connectivity index is 1.48. The Morgan fingerprint density at radius 1 is 1.06 bits per heavy atom. The third kappa shape index (κ3) is 4.19. The average molecular weight is 476 g/mol. The van der Waals surface area contributed by atoms with Gasteiger partial charge in [0.1, 0.15) is 0 Å². The van der Waals surface area contributed by atoms with E-state index in [1.807, 2.05) is 19.9 Å². The molecule has 7 nitrogen and oxygen atoms in total. The lowest BCUT2D eigenvalue weighted by Gasteiger charge is -2.55. The molecule has 1 aliphatic heterocycles. The lowest BCUT2D eigenvalue weighted by atomic mass is 9.49. The fourth-order valence-corrected chi connectivity index (χ4v) is 8.70. The highest BCUT2D eigenvalue weighted by Gasteiger charge is 2.54. The van der Waals surface area contributed by atoms with E-state index in [1.54, 1.807) is 12.1 Å². The van der Waals surface area contributed by atoms with Gasteiger partial charge in [-0.05, 0) is 74.5 Å². The number of sulfonamides is 1. The fraction of sp³-hybridized carbons (Fsp3) is 0.720. The van der Waals surface area contributed by atoms with E-state index in [4.69, 9.17) is 4.74 Å². The van der Waals surface area contributed by atoms with E-state index < -0.39 is 10.0 Å². The molecule has 4 saturated carbocycles. The van der Waals surface area contributed by atoms with E-state index in [-0.39, 0.29) is 16.2 Å². The summed E-state index contributed by atoms with van der Waals surface area (Å²) in [7, 11) is -3.61. The Bertz CT molecular complexity index is 964. The van der Waals surface area contributed by atoms with Crippen LogP contribution < -0.4 is 10.2 Å². The number of amides is 1. The molecule has 1 heterocycles. The van der Waals surface area contributed by atoms with Crippen molar-refractivity contribution in [3.63, 3.8) is 0 Å². The summed E-state index contributed by atoms with van der Waals surface area (Å²) in [6, 6.07) is 5.21. The fourth-order valence-electron chi connectivity index (χ4n) is 7.21. The summed E-state index contributed by atoms with van der Waals surface area (Å²) in [5.41, 5.74) is 1.21. The number of morpholine rings is 1. The molecule has 33 heavy (non-hydrogen) atoms. The predicted molar refractivity (Wildman–Crippen MR) is 129 cm³/mol. The number of ether oxygens (including phenoxy) is 1. The van der Waals surface area contributed by atoms with Gasteiger partial charge < -0.3 is 15.0 Å². The molecule has 0 atom stereocenters. The highest BCUT2D eigenvalue weighted by atomic mass is 32.2. The van der Waals surface area contributed by atoms with E-state index >= 15 is 0 Å². The summed E-state index contributed by atoms with van der Waals surface area (Å²) in [5.74, 6) is 2.12. The van der Waals surface area contributed by atoms with Crippen molar-refractivity contribution < 1.29 is 17.9 Å². The van der Waals surface area contributed by atoms with Crippen molar-refractivity contribution in [2.24, 2.45) is 23.2 Å². The third-order valence-electron chi connectivity index (χ3n) is 8.43. The number of rotatable bonds is 7. The number of carbonyl (C=O) groups is 1. The lowest BCUT2D eigenvalue weighted by molar-refractivity contribution is -0.140. The van der Waals surface area contributed by atoms with E-state index in [0.717, 1.165) is 38.0 Å². The number of nitrogens with zero attached hydrogens (tertiary/aromatic N) is 2. The van der Waals surface area contributed by atoms with Crippen LogP contribution >= 0.6 is 0 Å².